The topological polar surface area (TPSA) is 14.8 Å². The summed E-state index contributed by atoms with van der Waals surface area (Å²) < 4.78 is 86.8. The lowest BCUT2D eigenvalue weighted by Gasteiger charge is -2.25. The largest absolute Gasteiger partial charge is 0.402 e. The molecule has 2 unspecified atom stereocenters. The predicted octanol–water partition coefficient (Wildman–Crippen LogP) is 5.09. The molecule has 0 bridgehead atoms. The van der Waals surface area contributed by atoms with E-state index in [1.165, 1.54) is 66.9 Å². The zero-order chi connectivity index (χ0) is 20.9. The smallest absolute Gasteiger partial charge is 0.354 e. The maximum Gasteiger partial charge on any atom is 0.402 e. The van der Waals surface area contributed by atoms with Gasteiger partial charge in [0.2, 0.25) is 0 Å². The fourth-order valence-corrected chi connectivity index (χ4v) is 3.65. The summed E-state index contributed by atoms with van der Waals surface area (Å²) in [7, 11) is 4.19. The van der Waals surface area contributed by atoms with E-state index in [2.05, 4.69) is 0 Å². The van der Waals surface area contributed by atoms with Crippen LogP contribution in [0.3, 0.4) is 0 Å². The Labute approximate surface area is 157 Å². The summed E-state index contributed by atoms with van der Waals surface area (Å²) in [4.78, 5) is 0. The van der Waals surface area contributed by atoms with Gasteiger partial charge >= 0.3 is 12.4 Å². The third kappa shape index (κ3) is 3.45. The van der Waals surface area contributed by atoms with E-state index in [9.17, 15) is 26.3 Å². The Kier molecular flexibility index (Phi) is 4.89. The van der Waals surface area contributed by atoms with Crippen LogP contribution in [0.1, 0.15) is 34.6 Å². The van der Waals surface area contributed by atoms with Crippen molar-refractivity contribution in [3.05, 3.63) is 71.6 Å². The Bertz CT molecular complexity index is 881. The zero-order valence-corrected chi connectivity index (χ0v) is 15.4. The van der Waals surface area contributed by atoms with Crippen LogP contribution >= 0.6 is 0 Å². The third-order valence-electron chi connectivity index (χ3n) is 5.01. The minimum absolute atomic E-state index is 0.0392. The summed E-state index contributed by atoms with van der Waals surface area (Å²) >= 11 is 0. The van der Waals surface area contributed by atoms with E-state index >= 15 is 0 Å². The summed E-state index contributed by atoms with van der Waals surface area (Å²) in [5.41, 5.74) is -0.564. The molecule has 0 aliphatic heterocycles. The van der Waals surface area contributed by atoms with Crippen molar-refractivity contribution in [3.8, 4) is 0 Å². The molecule has 0 aromatic carbocycles. The Hall–Kier alpha value is -2.58. The molecule has 3 nitrogen and oxygen atoms in total. The van der Waals surface area contributed by atoms with Gasteiger partial charge in [-0.15, -0.1) is 0 Å². The molecule has 3 aromatic heterocycles. The van der Waals surface area contributed by atoms with Gasteiger partial charge in [0, 0.05) is 56.3 Å². The number of halogens is 6. The van der Waals surface area contributed by atoms with Gasteiger partial charge in [0.15, 0.2) is 0 Å². The second-order valence-corrected chi connectivity index (χ2v) is 6.78. The normalized spacial score (nSPS) is 15.0. The Morgan fingerprint density at radius 3 is 1.21 bits per heavy atom. The fraction of sp³-hybridized carbons (Fsp3) is 0.368. The van der Waals surface area contributed by atoms with Crippen LogP contribution in [-0.4, -0.2) is 26.1 Å². The lowest BCUT2D eigenvalue weighted by molar-refractivity contribution is -0.144. The van der Waals surface area contributed by atoms with E-state index in [4.69, 9.17) is 0 Å². The van der Waals surface area contributed by atoms with Crippen molar-refractivity contribution < 1.29 is 26.3 Å². The maximum absolute atomic E-state index is 13.9. The standard InChI is InChI=1S/C19H19F6N3/c1-26-10-4-6-12(26)16(18(20,21)22)14-8-9-15(28(14)3)17(19(23,24)25)13-7-5-11-27(13)2/h4-11,16-17H,1-3H3. The highest BCUT2D eigenvalue weighted by atomic mass is 19.4. The summed E-state index contributed by atoms with van der Waals surface area (Å²) in [6, 6.07) is 7.84. The molecule has 0 aliphatic rings. The van der Waals surface area contributed by atoms with Crippen LogP contribution in [0, 0.1) is 0 Å². The van der Waals surface area contributed by atoms with Gasteiger partial charge in [-0.05, 0) is 36.4 Å². The number of hydrogen-bond acceptors (Lipinski definition) is 0. The predicted molar refractivity (Wildman–Crippen MR) is 92.0 cm³/mol. The monoisotopic (exact) mass is 403 g/mol. The van der Waals surface area contributed by atoms with E-state index in [1.807, 2.05) is 0 Å². The average Bonchev–Trinajstić information content (AvgIpc) is 3.24. The Morgan fingerprint density at radius 2 is 0.964 bits per heavy atom. The number of hydrogen-bond donors (Lipinski definition) is 0. The van der Waals surface area contributed by atoms with E-state index in [1.54, 1.807) is 0 Å². The van der Waals surface area contributed by atoms with Crippen LogP contribution in [0.4, 0.5) is 26.3 Å². The van der Waals surface area contributed by atoms with Crippen LogP contribution in [-0.2, 0) is 21.1 Å². The van der Waals surface area contributed by atoms with Crippen molar-refractivity contribution in [2.75, 3.05) is 0 Å². The molecule has 3 rings (SSSR count). The van der Waals surface area contributed by atoms with E-state index in [0.29, 0.717) is 0 Å². The number of alkyl halides is 6. The molecule has 0 aliphatic carbocycles. The third-order valence-corrected chi connectivity index (χ3v) is 5.01. The molecule has 0 radical (unpaired) electrons. The van der Waals surface area contributed by atoms with Gasteiger partial charge < -0.3 is 13.7 Å². The second kappa shape index (κ2) is 6.79. The number of aromatic nitrogens is 3. The number of aryl methyl sites for hydroxylation is 2. The van der Waals surface area contributed by atoms with Gasteiger partial charge in [-0.2, -0.15) is 26.3 Å². The summed E-state index contributed by atoms with van der Waals surface area (Å²) in [5, 5.41) is 0. The van der Waals surface area contributed by atoms with Gasteiger partial charge in [-0.3, -0.25) is 0 Å². The molecule has 3 aromatic rings. The molecule has 3 heterocycles. The van der Waals surface area contributed by atoms with Crippen molar-refractivity contribution in [3.63, 3.8) is 0 Å². The van der Waals surface area contributed by atoms with Crippen molar-refractivity contribution in [2.24, 2.45) is 21.1 Å². The molecular weight excluding hydrogens is 384 g/mol. The van der Waals surface area contributed by atoms with E-state index < -0.39 is 24.2 Å². The molecule has 0 N–H and O–H groups in total. The molecule has 9 heteroatoms. The number of nitrogens with zero attached hydrogens (tertiary/aromatic N) is 3. The lowest BCUT2D eigenvalue weighted by Crippen LogP contribution is -2.29. The first-order valence-corrected chi connectivity index (χ1v) is 8.44. The molecule has 28 heavy (non-hydrogen) atoms. The van der Waals surface area contributed by atoms with Crippen molar-refractivity contribution in [1.82, 2.24) is 13.7 Å². The van der Waals surface area contributed by atoms with Crippen LogP contribution in [0.25, 0.3) is 0 Å². The van der Waals surface area contributed by atoms with Crippen LogP contribution in [0.2, 0.25) is 0 Å². The second-order valence-electron chi connectivity index (χ2n) is 6.78. The van der Waals surface area contributed by atoms with Crippen LogP contribution in [0.15, 0.2) is 48.8 Å². The Balaban J connectivity index is 2.17. The highest BCUT2D eigenvalue weighted by Crippen LogP contribution is 2.44. The van der Waals surface area contributed by atoms with Crippen molar-refractivity contribution in [2.45, 2.75) is 24.2 Å². The van der Waals surface area contributed by atoms with Crippen LogP contribution in [0.5, 0.6) is 0 Å². The quantitative estimate of drug-likeness (QED) is 0.539. The Morgan fingerprint density at radius 1 is 0.607 bits per heavy atom. The first-order valence-electron chi connectivity index (χ1n) is 8.44. The summed E-state index contributed by atoms with van der Waals surface area (Å²) in [6.45, 7) is 0. The lowest BCUT2D eigenvalue weighted by atomic mass is 10.00. The van der Waals surface area contributed by atoms with Gasteiger partial charge in [0.1, 0.15) is 11.8 Å². The first kappa shape index (κ1) is 20.2. The molecule has 0 amide bonds. The van der Waals surface area contributed by atoms with Crippen molar-refractivity contribution >= 4 is 0 Å². The zero-order valence-electron chi connectivity index (χ0n) is 15.4. The minimum atomic E-state index is -4.66. The summed E-state index contributed by atoms with van der Waals surface area (Å²) in [6.07, 6.45) is -6.37. The molecule has 152 valence electrons. The summed E-state index contributed by atoms with van der Waals surface area (Å²) in [5.74, 6) is -4.07. The van der Waals surface area contributed by atoms with Crippen LogP contribution < -0.4 is 0 Å². The first-order chi connectivity index (χ1) is 12.9. The van der Waals surface area contributed by atoms with Gasteiger partial charge in [0.05, 0.1) is 0 Å². The molecule has 0 fully saturated rings. The average molecular weight is 403 g/mol. The maximum atomic E-state index is 13.9. The van der Waals surface area contributed by atoms with E-state index in [0.717, 1.165) is 16.7 Å². The van der Waals surface area contributed by atoms with Gasteiger partial charge in [-0.1, -0.05) is 0 Å². The molecular formula is C19H19F6N3. The SMILES string of the molecule is Cn1cccc1C(c1ccc(C(c2cccn2C)C(F)(F)F)n1C)C(F)(F)F. The highest BCUT2D eigenvalue weighted by molar-refractivity contribution is 5.35. The minimum Gasteiger partial charge on any atom is -0.354 e. The molecule has 0 saturated carbocycles. The number of rotatable bonds is 4. The van der Waals surface area contributed by atoms with Gasteiger partial charge in [0.25, 0.3) is 0 Å². The van der Waals surface area contributed by atoms with Gasteiger partial charge in [-0.25, -0.2) is 0 Å². The highest BCUT2D eigenvalue weighted by Gasteiger charge is 2.48. The molecule has 0 spiro atoms. The van der Waals surface area contributed by atoms with E-state index in [-0.39, 0.29) is 22.8 Å². The molecule has 2 atom stereocenters. The van der Waals surface area contributed by atoms with Crippen molar-refractivity contribution in [1.29, 1.82) is 0 Å². The molecule has 0 saturated heterocycles. The fourth-order valence-electron chi connectivity index (χ4n) is 3.65.